The van der Waals surface area contributed by atoms with Gasteiger partial charge in [0.2, 0.25) is 10.0 Å². The van der Waals surface area contributed by atoms with Crippen LogP contribution in [-0.2, 0) is 24.3 Å². The number of sulfonamides is 1. The summed E-state index contributed by atoms with van der Waals surface area (Å²) < 4.78 is 37.2. The number of halogens is 1. The summed E-state index contributed by atoms with van der Waals surface area (Å²) in [6, 6.07) is 10.6. The maximum absolute atomic E-state index is 12.3. The highest BCUT2D eigenvalue weighted by Crippen LogP contribution is 2.16. The van der Waals surface area contributed by atoms with Gasteiger partial charge in [-0.15, -0.1) is 0 Å². The fourth-order valence-electron chi connectivity index (χ4n) is 2.14. The lowest BCUT2D eigenvalue weighted by molar-refractivity contribution is -0.149. The van der Waals surface area contributed by atoms with Crippen molar-refractivity contribution in [2.45, 2.75) is 10.9 Å². The van der Waals surface area contributed by atoms with Gasteiger partial charge < -0.3 is 19.9 Å². The van der Waals surface area contributed by atoms with Crippen LogP contribution in [0.4, 0.5) is 5.69 Å². The molecule has 29 heavy (non-hydrogen) atoms. The fourth-order valence-corrected chi connectivity index (χ4v) is 3.58. The van der Waals surface area contributed by atoms with Crippen molar-refractivity contribution in [3.8, 4) is 5.75 Å². The number of hydrogen-bond donors (Lipinski definition) is 3. The summed E-state index contributed by atoms with van der Waals surface area (Å²) in [6.45, 7) is -1.49. The lowest BCUT2D eigenvalue weighted by atomic mass is 10.3. The largest absolute Gasteiger partial charge is 0.497 e. The van der Waals surface area contributed by atoms with Gasteiger partial charge in [0.25, 0.3) is 5.91 Å². The summed E-state index contributed by atoms with van der Waals surface area (Å²) in [5.41, 5.74) is 0.460. The Morgan fingerprint density at radius 1 is 1.10 bits per heavy atom. The van der Waals surface area contributed by atoms with Crippen molar-refractivity contribution in [3.05, 3.63) is 53.0 Å². The first kappa shape index (κ1) is 22.8. The first-order valence-electron chi connectivity index (χ1n) is 8.24. The molecule has 0 aliphatic rings. The minimum absolute atomic E-state index is 0.0933. The SMILES string of the molecule is COc1ccc(NC(=O)COC(=O)C(CO)NS(=O)(=O)c2ccc(Br)cc2)cc1. The Hall–Kier alpha value is -2.47. The number of carbonyl (C=O) groups is 2. The van der Waals surface area contributed by atoms with E-state index in [4.69, 9.17) is 9.47 Å². The molecule has 1 unspecified atom stereocenters. The summed E-state index contributed by atoms with van der Waals surface area (Å²) >= 11 is 3.19. The molecule has 0 heterocycles. The number of rotatable bonds is 9. The zero-order chi connectivity index (χ0) is 21.4. The third-order valence-corrected chi connectivity index (χ3v) is 5.62. The monoisotopic (exact) mass is 486 g/mol. The molecule has 0 saturated heterocycles. The number of methoxy groups -OCH3 is 1. The second-order valence-corrected chi connectivity index (χ2v) is 8.32. The molecule has 0 saturated carbocycles. The van der Waals surface area contributed by atoms with Gasteiger partial charge in [-0.25, -0.2) is 8.42 Å². The molecule has 0 fully saturated rings. The van der Waals surface area contributed by atoms with Crippen LogP contribution in [0.15, 0.2) is 57.9 Å². The molecule has 2 aromatic rings. The number of nitrogens with one attached hydrogen (secondary N) is 2. The average molecular weight is 487 g/mol. The van der Waals surface area contributed by atoms with Crippen LogP contribution in [0.5, 0.6) is 5.75 Å². The summed E-state index contributed by atoms with van der Waals surface area (Å²) in [5, 5.41) is 11.9. The number of anilines is 1. The molecule has 1 amide bonds. The summed E-state index contributed by atoms with van der Waals surface area (Å²) in [4.78, 5) is 23.9. The lowest BCUT2D eigenvalue weighted by Gasteiger charge is -2.15. The van der Waals surface area contributed by atoms with Gasteiger partial charge in [0.05, 0.1) is 18.6 Å². The average Bonchev–Trinajstić information content (AvgIpc) is 2.71. The van der Waals surface area contributed by atoms with Crippen molar-refractivity contribution in [1.29, 1.82) is 0 Å². The van der Waals surface area contributed by atoms with E-state index in [0.29, 0.717) is 15.9 Å². The minimum atomic E-state index is -4.07. The third kappa shape index (κ3) is 6.82. The summed E-state index contributed by atoms with van der Waals surface area (Å²) in [7, 11) is -2.56. The predicted molar refractivity (Wildman–Crippen MR) is 108 cm³/mol. The number of aliphatic hydroxyl groups excluding tert-OH is 1. The smallest absolute Gasteiger partial charge is 0.327 e. The standard InChI is InChI=1S/C18H19BrN2O7S/c1-27-14-6-4-13(5-7-14)20-17(23)11-28-18(24)16(10-22)21-29(25,26)15-8-2-12(19)3-9-15/h2-9,16,21-22H,10-11H2,1H3,(H,20,23). The van der Waals surface area contributed by atoms with Crippen LogP contribution in [0.25, 0.3) is 0 Å². The van der Waals surface area contributed by atoms with Crippen molar-refractivity contribution in [3.63, 3.8) is 0 Å². The van der Waals surface area contributed by atoms with E-state index >= 15 is 0 Å². The number of hydrogen-bond acceptors (Lipinski definition) is 7. The summed E-state index contributed by atoms with van der Waals surface area (Å²) in [5.74, 6) is -1.10. The van der Waals surface area contributed by atoms with Gasteiger partial charge in [0.15, 0.2) is 6.61 Å². The number of ether oxygens (including phenoxy) is 2. The van der Waals surface area contributed by atoms with Gasteiger partial charge in [-0.1, -0.05) is 15.9 Å². The van der Waals surface area contributed by atoms with Gasteiger partial charge >= 0.3 is 5.97 Å². The molecule has 0 aliphatic carbocycles. The van der Waals surface area contributed by atoms with Gasteiger partial charge in [-0.3, -0.25) is 9.59 Å². The second kappa shape index (κ2) is 10.3. The Morgan fingerprint density at radius 2 is 1.72 bits per heavy atom. The number of aliphatic hydroxyl groups is 1. The van der Waals surface area contributed by atoms with Gasteiger partial charge in [-0.2, -0.15) is 4.72 Å². The van der Waals surface area contributed by atoms with Crippen molar-refractivity contribution in [2.75, 3.05) is 25.6 Å². The summed E-state index contributed by atoms with van der Waals surface area (Å²) in [6.07, 6.45) is 0. The van der Waals surface area contributed by atoms with Crippen molar-refractivity contribution < 1.29 is 32.6 Å². The quantitative estimate of drug-likeness (QED) is 0.454. The van der Waals surface area contributed by atoms with Crippen molar-refractivity contribution >= 4 is 43.5 Å². The van der Waals surface area contributed by atoms with E-state index in [2.05, 4.69) is 26.0 Å². The molecule has 1 atom stereocenters. The van der Waals surface area contributed by atoms with E-state index in [9.17, 15) is 23.1 Å². The van der Waals surface area contributed by atoms with Crippen LogP contribution in [0.2, 0.25) is 0 Å². The van der Waals surface area contributed by atoms with Gasteiger partial charge in [0, 0.05) is 10.2 Å². The number of benzene rings is 2. The first-order chi connectivity index (χ1) is 13.7. The van der Waals surface area contributed by atoms with Crippen LogP contribution < -0.4 is 14.8 Å². The number of esters is 1. The maximum atomic E-state index is 12.3. The van der Waals surface area contributed by atoms with E-state index in [1.165, 1.54) is 31.4 Å². The molecule has 0 spiro atoms. The van der Waals surface area contributed by atoms with Crippen molar-refractivity contribution in [2.24, 2.45) is 0 Å². The Morgan fingerprint density at radius 3 is 2.28 bits per heavy atom. The topological polar surface area (TPSA) is 131 Å². The molecule has 0 aliphatic heterocycles. The zero-order valence-corrected chi connectivity index (χ0v) is 17.7. The van der Waals surface area contributed by atoms with E-state index < -0.39 is 41.2 Å². The van der Waals surface area contributed by atoms with Crippen LogP contribution in [-0.4, -0.2) is 51.8 Å². The molecule has 3 N–H and O–H groups in total. The molecule has 9 nitrogen and oxygen atoms in total. The molecule has 0 aromatic heterocycles. The fraction of sp³-hybridized carbons (Fsp3) is 0.222. The minimum Gasteiger partial charge on any atom is -0.497 e. The predicted octanol–water partition coefficient (Wildman–Crippen LogP) is 1.28. The third-order valence-electron chi connectivity index (χ3n) is 3.61. The lowest BCUT2D eigenvalue weighted by Crippen LogP contribution is -2.44. The van der Waals surface area contributed by atoms with E-state index in [1.54, 1.807) is 24.3 Å². The molecular weight excluding hydrogens is 468 g/mol. The Balaban J connectivity index is 1.91. The highest BCUT2D eigenvalue weighted by atomic mass is 79.9. The van der Waals surface area contributed by atoms with Crippen LogP contribution in [0.3, 0.4) is 0 Å². The molecule has 156 valence electrons. The van der Waals surface area contributed by atoms with E-state index in [0.717, 1.165) is 0 Å². The maximum Gasteiger partial charge on any atom is 0.327 e. The molecule has 2 rings (SSSR count). The Bertz CT molecular complexity index is 947. The number of amides is 1. The highest BCUT2D eigenvalue weighted by molar-refractivity contribution is 9.10. The number of carbonyl (C=O) groups excluding carboxylic acids is 2. The Kier molecular flexibility index (Phi) is 8.14. The van der Waals surface area contributed by atoms with Crippen LogP contribution >= 0.6 is 15.9 Å². The molecule has 0 radical (unpaired) electrons. The van der Waals surface area contributed by atoms with Gasteiger partial charge in [-0.05, 0) is 48.5 Å². The normalized spacial score (nSPS) is 12.1. The molecule has 0 bridgehead atoms. The first-order valence-corrected chi connectivity index (χ1v) is 10.5. The molecular formula is C18H19BrN2O7S. The van der Waals surface area contributed by atoms with Crippen LogP contribution in [0.1, 0.15) is 0 Å². The van der Waals surface area contributed by atoms with Crippen molar-refractivity contribution in [1.82, 2.24) is 4.72 Å². The second-order valence-electron chi connectivity index (χ2n) is 5.69. The molecule has 11 heteroatoms. The van der Waals surface area contributed by atoms with Crippen LogP contribution in [0, 0.1) is 0 Å². The highest BCUT2D eigenvalue weighted by Gasteiger charge is 2.27. The van der Waals surface area contributed by atoms with E-state index in [1.807, 2.05) is 0 Å². The van der Waals surface area contributed by atoms with E-state index in [-0.39, 0.29) is 4.90 Å². The Labute approximate surface area is 176 Å². The zero-order valence-electron chi connectivity index (χ0n) is 15.3. The molecule has 2 aromatic carbocycles. The van der Waals surface area contributed by atoms with Gasteiger partial charge in [0.1, 0.15) is 11.8 Å².